The molecule has 5 nitrogen and oxygen atoms in total. The van der Waals surface area contributed by atoms with Gasteiger partial charge >= 0.3 is 7.12 Å². The summed E-state index contributed by atoms with van der Waals surface area (Å²) in [6.45, 7) is 10.1. The van der Waals surface area contributed by atoms with E-state index in [1.807, 2.05) is 29.7 Å². The van der Waals surface area contributed by atoms with Crippen LogP contribution in [0.15, 0.2) is 18.3 Å². The van der Waals surface area contributed by atoms with Crippen LogP contribution >= 0.6 is 0 Å². The maximum atomic E-state index is 6.04. The van der Waals surface area contributed by atoms with E-state index in [2.05, 4.69) is 37.9 Å². The largest absolute Gasteiger partial charge is 0.496 e. The zero-order valence-electron chi connectivity index (χ0n) is 12.0. The van der Waals surface area contributed by atoms with Gasteiger partial charge in [-0.05, 0) is 46.1 Å². The molecule has 19 heavy (non-hydrogen) atoms. The molecule has 3 heterocycles. The third kappa shape index (κ3) is 1.86. The summed E-state index contributed by atoms with van der Waals surface area (Å²) in [5, 5.41) is 8.13. The first-order valence-corrected chi connectivity index (χ1v) is 6.47. The highest BCUT2D eigenvalue weighted by Crippen LogP contribution is 2.36. The number of hydrogen-bond acceptors (Lipinski definition) is 4. The Balaban J connectivity index is 2.00. The molecule has 1 aliphatic rings. The third-order valence-electron chi connectivity index (χ3n) is 4.12. The number of pyridine rings is 1. The van der Waals surface area contributed by atoms with Crippen LogP contribution in [0.5, 0.6) is 0 Å². The summed E-state index contributed by atoms with van der Waals surface area (Å²) in [7, 11) is -0.351. The van der Waals surface area contributed by atoms with Crippen LogP contribution in [-0.4, -0.2) is 32.9 Å². The summed E-state index contributed by atoms with van der Waals surface area (Å²) in [5.41, 5.74) is 1.16. The highest BCUT2D eigenvalue weighted by molar-refractivity contribution is 6.62. The van der Waals surface area contributed by atoms with Crippen LogP contribution in [0, 0.1) is 6.92 Å². The lowest BCUT2D eigenvalue weighted by atomic mass is 9.80. The zero-order chi connectivity index (χ0) is 13.8. The Kier molecular flexibility index (Phi) is 2.53. The van der Waals surface area contributed by atoms with E-state index < -0.39 is 0 Å². The van der Waals surface area contributed by atoms with Crippen molar-refractivity contribution in [3.63, 3.8) is 0 Å². The molecule has 0 aliphatic carbocycles. The van der Waals surface area contributed by atoms with Gasteiger partial charge in [0, 0.05) is 6.20 Å². The molecule has 1 saturated heterocycles. The second-order valence-corrected chi connectivity index (χ2v) is 6.03. The lowest BCUT2D eigenvalue weighted by molar-refractivity contribution is 0.00578. The molecule has 1 fully saturated rings. The molecular weight excluding hydrogens is 241 g/mol. The molecule has 0 radical (unpaired) electrons. The molecule has 0 N–H and O–H groups in total. The van der Waals surface area contributed by atoms with Gasteiger partial charge in [0.1, 0.15) is 5.82 Å². The normalized spacial score (nSPS) is 21.2. The summed E-state index contributed by atoms with van der Waals surface area (Å²) in [6, 6.07) is 3.91. The van der Waals surface area contributed by atoms with Crippen molar-refractivity contribution in [2.24, 2.45) is 0 Å². The van der Waals surface area contributed by atoms with E-state index in [4.69, 9.17) is 9.31 Å². The standard InChI is InChI=1S/C13H18BN3O2/c1-9-15-16-11-7-6-10(8-17(9)11)14-18-12(2,3)13(4,5)19-14/h6-8H,1-5H3. The summed E-state index contributed by atoms with van der Waals surface area (Å²) in [5.74, 6) is 0.855. The molecule has 0 aromatic carbocycles. The van der Waals surface area contributed by atoms with Crippen molar-refractivity contribution in [2.75, 3.05) is 0 Å². The van der Waals surface area contributed by atoms with E-state index in [0.29, 0.717) is 0 Å². The molecular formula is C13H18BN3O2. The van der Waals surface area contributed by atoms with Gasteiger partial charge in [0.15, 0.2) is 5.65 Å². The number of rotatable bonds is 1. The van der Waals surface area contributed by atoms with Crippen LogP contribution in [-0.2, 0) is 9.31 Å². The lowest BCUT2D eigenvalue weighted by Crippen LogP contribution is -2.41. The van der Waals surface area contributed by atoms with Crippen LogP contribution < -0.4 is 5.46 Å². The summed E-state index contributed by atoms with van der Waals surface area (Å²) in [6.07, 6.45) is 1.98. The van der Waals surface area contributed by atoms with Gasteiger partial charge in [-0.25, -0.2) is 0 Å². The van der Waals surface area contributed by atoms with E-state index in [1.165, 1.54) is 0 Å². The molecule has 0 spiro atoms. The Morgan fingerprint density at radius 1 is 1.05 bits per heavy atom. The van der Waals surface area contributed by atoms with Crippen molar-refractivity contribution < 1.29 is 9.31 Å². The van der Waals surface area contributed by atoms with Gasteiger partial charge in [-0.15, -0.1) is 10.2 Å². The van der Waals surface area contributed by atoms with Crippen molar-refractivity contribution in [1.82, 2.24) is 14.6 Å². The van der Waals surface area contributed by atoms with Crippen molar-refractivity contribution in [3.05, 3.63) is 24.2 Å². The van der Waals surface area contributed by atoms with Gasteiger partial charge < -0.3 is 9.31 Å². The summed E-state index contributed by atoms with van der Waals surface area (Å²) < 4.78 is 14.0. The summed E-state index contributed by atoms with van der Waals surface area (Å²) in [4.78, 5) is 0. The van der Waals surface area contributed by atoms with Gasteiger partial charge in [0.25, 0.3) is 0 Å². The molecule has 0 bridgehead atoms. The van der Waals surface area contributed by atoms with Crippen LogP contribution in [0.1, 0.15) is 33.5 Å². The fourth-order valence-corrected chi connectivity index (χ4v) is 2.14. The molecule has 0 atom stereocenters. The first-order valence-electron chi connectivity index (χ1n) is 6.47. The fraction of sp³-hybridized carbons (Fsp3) is 0.538. The average Bonchev–Trinajstić information content (AvgIpc) is 2.78. The molecule has 1 aliphatic heterocycles. The Bertz CT molecular complexity index is 620. The topological polar surface area (TPSA) is 48.7 Å². The highest BCUT2D eigenvalue weighted by Gasteiger charge is 2.51. The quantitative estimate of drug-likeness (QED) is 0.725. The smallest absolute Gasteiger partial charge is 0.399 e. The maximum Gasteiger partial charge on any atom is 0.496 e. The van der Waals surface area contributed by atoms with Crippen molar-refractivity contribution >= 4 is 18.2 Å². The average molecular weight is 259 g/mol. The maximum absolute atomic E-state index is 6.04. The minimum atomic E-state index is -0.351. The predicted octanol–water partition coefficient (Wildman–Crippen LogP) is 1.34. The fourth-order valence-electron chi connectivity index (χ4n) is 2.14. The van der Waals surface area contributed by atoms with Crippen LogP contribution in [0.4, 0.5) is 0 Å². The van der Waals surface area contributed by atoms with Gasteiger partial charge in [-0.1, -0.05) is 6.07 Å². The Morgan fingerprint density at radius 3 is 2.32 bits per heavy atom. The van der Waals surface area contributed by atoms with E-state index in [-0.39, 0.29) is 18.3 Å². The zero-order valence-corrected chi connectivity index (χ0v) is 12.0. The number of aryl methyl sites for hydroxylation is 1. The van der Waals surface area contributed by atoms with Crippen molar-refractivity contribution in [3.8, 4) is 0 Å². The van der Waals surface area contributed by atoms with Gasteiger partial charge in [-0.2, -0.15) is 0 Å². The highest BCUT2D eigenvalue weighted by atomic mass is 16.7. The monoisotopic (exact) mass is 259 g/mol. The number of nitrogens with zero attached hydrogens (tertiary/aromatic N) is 3. The minimum Gasteiger partial charge on any atom is -0.399 e. The first kappa shape index (κ1) is 12.6. The van der Waals surface area contributed by atoms with Crippen LogP contribution in [0.3, 0.4) is 0 Å². The SMILES string of the molecule is Cc1nnc2ccc(B3OC(C)(C)C(C)(C)O3)cn12. The molecule has 0 saturated carbocycles. The number of aromatic nitrogens is 3. The van der Waals surface area contributed by atoms with Gasteiger partial charge in [0.05, 0.1) is 11.2 Å². The molecule has 100 valence electrons. The molecule has 2 aromatic heterocycles. The lowest BCUT2D eigenvalue weighted by Gasteiger charge is -2.32. The number of fused-ring (bicyclic) bond motifs is 1. The minimum absolute atomic E-state index is 0.325. The van der Waals surface area contributed by atoms with Gasteiger partial charge in [0.2, 0.25) is 0 Å². The Hall–Kier alpha value is -1.40. The molecule has 6 heteroatoms. The van der Waals surface area contributed by atoms with E-state index in [1.54, 1.807) is 0 Å². The molecule has 0 amide bonds. The van der Waals surface area contributed by atoms with Crippen molar-refractivity contribution in [1.29, 1.82) is 0 Å². The van der Waals surface area contributed by atoms with E-state index >= 15 is 0 Å². The molecule has 2 aromatic rings. The third-order valence-corrected chi connectivity index (χ3v) is 4.12. The molecule has 0 unspecified atom stereocenters. The first-order chi connectivity index (χ1) is 8.80. The van der Waals surface area contributed by atoms with E-state index in [0.717, 1.165) is 16.9 Å². The van der Waals surface area contributed by atoms with E-state index in [9.17, 15) is 0 Å². The van der Waals surface area contributed by atoms with Crippen LogP contribution in [0.25, 0.3) is 5.65 Å². The van der Waals surface area contributed by atoms with Crippen LogP contribution in [0.2, 0.25) is 0 Å². The second kappa shape index (κ2) is 3.80. The Morgan fingerprint density at radius 2 is 1.68 bits per heavy atom. The van der Waals surface area contributed by atoms with Gasteiger partial charge in [-0.3, -0.25) is 4.40 Å². The van der Waals surface area contributed by atoms with Crippen molar-refractivity contribution in [2.45, 2.75) is 45.8 Å². The predicted molar refractivity (Wildman–Crippen MR) is 73.4 cm³/mol. The Labute approximate surface area is 113 Å². The molecule has 3 rings (SSSR count). The summed E-state index contributed by atoms with van der Waals surface area (Å²) >= 11 is 0. The number of hydrogen-bond donors (Lipinski definition) is 0. The second-order valence-electron chi connectivity index (χ2n) is 6.03.